The van der Waals surface area contributed by atoms with Crippen molar-refractivity contribution < 1.29 is 48.9 Å². The van der Waals surface area contributed by atoms with Gasteiger partial charge in [0.05, 0.1) is 12.5 Å². The first-order valence-corrected chi connectivity index (χ1v) is 10.7. The predicted molar refractivity (Wildman–Crippen MR) is 118 cm³/mol. The molecule has 0 aliphatic rings. The number of nitrogens with two attached hydrogens (primary N) is 2. The van der Waals surface area contributed by atoms with Crippen molar-refractivity contribution in [2.45, 2.75) is 76.5 Å². The molecule has 4 amide bonds. The Morgan fingerprint density at radius 3 is 1.66 bits per heavy atom. The van der Waals surface area contributed by atoms with Crippen LogP contribution in [-0.2, 0) is 33.6 Å². The highest BCUT2D eigenvalue weighted by atomic mass is 16.4. The second-order valence-electron chi connectivity index (χ2n) is 8.29. The number of hydrogen-bond acceptors (Lipinski definition) is 8. The first kappa shape index (κ1) is 31.2. The zero-order chi connectivity index (χ0) is 27.3. The number of rotatable bonds is 17. The minimum atomic E-state index is -1.77. The first-order valence-electron chi connectivity index (χ1n) is 10.7. The predicted octanol–water partition coefficient (Wildman–Crippen LogP) is -2.50. The van der Waals surface area contributed by atoms with Crippen LogP contribution in [0.2, 0.25) is 0 Å². The van der Waals surface area contributed by atoms with Crippen LogP contribution in [0.3, 0.4) is 0 Å². The largest absolute Gasteiger partial charge is 0.481 e. The summed E-state index contributed by atoms with van der Waals surface area (Å²) in [7, 11) is 0. The van der Waals surface area contributed by atoms with E-state index in [1.807, 2.05) is 19.2 Å². The molecular weight excluding hydrogens is 470 g/mol. The molecule has 0 rings (SSSR count). The second kappa shape index (κ2) is 15.2. The Balaban J connectivity index is 5.59. The number of carbonyl (C=O) groups is 7. The fourth-order valence-electron chi connectivity index (χ4n) is 2.90. The molecule has 15 nitrogen and oxygen atoms in total. The van der Waals surface area contributed by atoms with E-state index in [-0.39, 0.29) is 25.2 Å². The monoisotopic (exact) mass is 503 g/mol. The number of nitrogens with one attached hydrogen (secondary N) is 3. The van der Waals surface area contributed by atoms with E-state index in [0.29, 0.717) is 0 Å². The third-order valence-electron chi connectivity index (χ3n) is 4.65. The number of carbonyl (C=O) groups excluding carboxylic acids is 4. The third kappa shape index (κ3) is 13.5. The normalized spacial score (nSPS) is 14.2. The van der Waals surface area contributed by atoms with Crippen LogP contribution in [0, 0.1) is 5.92 Å². The summed E-state index contributed by atoms with van der Waals surface area (Å²) in [4.78, 5) is 82.1. The molecule has 0 fully saturated rings. The molecule has 0 bridgehead atoms. The van der Waals surface area contributed by atoms with Crippen molar-refractivity contribution in [3.8, 4) is 0 Å². The van der Waals surface area contributed by atoms with Gasteiger partial charge >= 0.3 is 17.9 Å². The van der Waals surface area contributed by atoms with Crippen LogP contribution in [-0.4, -0.2) is 81.0 Å². The van der Waals surface area contributed by atoms with Crippen LogP contribution in [0.4, 0.5) is 0 Å². The van der Waals surface area contributed by atoms with Gasteiger partial charge in [-0.25, -0.2) is 4.79 Å². The molecule has 0 aliphatic carbocycles. The molecule has 0 saturated heterocycles. The third-order valence-corrected chi connectivity index (χ3v) is 4.65. The zero-order valence-electron chi connectivity index (χ0n) is 19.5. The summed E-state index contributed by atoms with van der Waals surface area (Å²) in [6, 6.07) is -5.82. The number of primary amides is 1. The number of amides is 4. The average Bonchev–Trinajstić information content (AvgIpc) is 2.71. The maximum absolute atomic E-state index is 12.8. The van der Waals surface area contributed by atoms with E-state index >= 15 is 0 Å². The molecule has 4 unspecified atom stereocenters. The zero-order valence-corrected chi connectivity index (χ0v) is 19.5. The molecule has 4 atom stereocenters. The molecule has 10 N–H and O–H groups in total. The summed E-state index contributed by atoms with van der Waals surface area (Å²) in [6.07, 6.45) is -2.36. The minimum absolute atomic E-state index is 0.0561. The highest BCUT2D eigenvalue weighted by molar-refractivity contribution is 5.95. The van der Waals surface area contributed by atoms with Crippen molar-refractivity contribution in [2.75, 3.05) is 0 Å². The van der Waals surface area contributed by atoms with E-state index in [1.54, 1.807) is 0 Å². The highest BCUT2D eigenvalue weighted by Crippen LogP contribution is 2.06. The summed E-state index contributed by atoms with van der Waals surface area (Å²) in [5, 5.41) is 33.5. The molecule has 0 spiro atoms. The van der Waals surface area contributed by atoms with Crippen molar-refractivity contribution >= 4 is 41.5 Å². The lowest BCUT2D eigenvalue weighted by Gasteiger charge is -2.24. The topological polar surface area (TPSA) is 268 Å². The lowest BCUT2D eigenvalue weighted by molar-refractivity contribution is -0.144. The summed E-state index contributed by atoms with van der Waals surface area (Å²) in [5.41, 5.74) is 10.9. The fourth-order valence-corrected chi connectivity index (χ4v) is 2.90. The lowest BCUT2D eigenvalue weighted by Crippen LogP contribution is -2.57. The van der Waals surface area contributed by atoms with Crippen molar-refractivity contribution in [3.05, 3.63) is 0 Å². The van der Waals surface area contributed by atoms with Crippen LogP contribution in [0.1, 0.15) is 52.4 Å². The van der Waals surface area contributed by atoms with Crippen LogP contribution >= 0.6 is 0 Å². The van der Waals surface area contributed by atoms with Gasteiger partial charge in [0.2, 0.25) is 23.6 Å². The van der Waals surface area contributed by atoms with Crippen molar-refractivity contribution in [1.82, 2.24) is 16.0 Å². The Bertz CT molecular complexity index is 816. The molecule has 198 valence electrons. The molecule has 0 aromatic heterocycles. The molecule has 15 heteroatoms. The van der Waals surface area contributed by atoms with Crippen LogP contribution in [0.25, 0.3) is 0 Å². The molecule has 0 aromatic carbocycles. The molecule has 0 aromatic rings. The number of hydrogen-bond donors (Lipinski definition) is 8. The standard InChI is InChI=1S/C20H33N5O10/c1-9(2)7-10(21)17(31)23-11(3-5-14(22)26)18(32)25-13(8-16(29)30)19(33)24-12(20(34)35)4-6-15(27)28/h9-13H,3-8,21H2,1-2H3,(H2,22,26)(H,23,31)(H,24,33)(H,25,32)(H,27,28)(H,29,30)(H,34,35). The summed E-state index contributed by atoms with van der Waals surface area (Å²) in [6.45, 7) is 3.64. The Hall–Kier alpha value is -3.75. The van der Waals surface area contributed by atoms with Gasteiger partial charge in [-0.1, -0.05) is 13.8 Å². The number of carboxylic acids is 3. The van der Waals surface area contributed by atoms with E-state index in [2.05, 4.69) is 10.6 Å². The van der Waals surface area contributed by atoms with E-state index in [1.165, 1.54) is 0 Å². The second-order valence-corrected chi connectivity index (χ2v) is 8.29. The lowest BCUT2D eigenvalue weighted by atomic mass is 10.0. The Morgan fingerprint density at radius 1 is 0.714 bits per heavy atom. The van der Waals surface area contributed by atoms with Gasteiger partial charge in [-0.05, 0) is 25.2 Å². The van der Waals surface area contributed by atoms with Gasteiger partial charge in [-0.2, -0.15) is 0 Å². The Morgan fingerprint density at radius 2 is 1.20 bits per heavy atom. The van der Waals surface area contributed by atoms with Gasteiger partial charge in [0.15, 0.2) is 0 Å². The summed E-state index contributed by atoms with van der Waals surface area (Å²) >= 11 is 0. The van der Waals surface area contributed by atoms with Crippen LogP contribution in [0.5, 0.6) is 0 Å². The average molecular weight is 504 g/mol. The van der Waals surface area contributed by atoms with Crippen LogP contribution in [0.15, 0.2) is 0 Å². The first-order chi connectivity index (χ1) is 16.1. The van der Waals surface area contributed by atoms with E-state index in [9.17, 15) is 38.7 Å². The Kier molecular flexibility index (Phi) is 13.6. The van der Waals surface area contributed by atoms with E-state index < -0.39 is 85.0 Å². The van der Waals surface area contributed by atoms with Gasteiger partial charge < -0.3 is 42.7 Å². The fraction of sp³-hybridized carbons (Fsp3) is 0.650. The van der Waals surface area contributed by atoms with Crippen molar-refractivity contribution in [2.24, 2.45) is 17.4 Å². The molecule has 0 radical (unpaired) electrons. The molecule has 0 aliphatic heterocycles. The summed E-state index contributed by atoms with van der Waals surface area (Å²) < 4.78 is 0. The number of carboxylic acid groups (broad SMARTS) is 3. The molecule has 0 saturated carbocycles. The smallest absolute Gasteiger partial charge is 0.326 e. The molecular formula is C20H33N5O10. The van der Waals surface area contributed by atoms with Crippen LogP contribution < -0.4 is 27.4 Å². The van der Waals surface area contributed by atoms with E-state index in [4.69, 9.17) is 21.7 Å². The highest BCUT2D eigenvalue weighted by Gasteiger charge is 2.32. The minimum Gasteiger partial charge on any atom is -0.481 e. The van der Waals surface area contributed by atoms with Gasteiger partial charge in [0.25, 0.3) is 0 Å². The maximum Gasteiger partial charge on any atom is 0.326 e. The summed E-state index contributed by atoms with van der Waals surface area (Å²) in [5.74, 6) is -8.08. The molecule has 0 heterocycles. The SMILES string of the molecule is CC(C)CC(N)C(=O)NC(CCC(N)=O)C(=O)NC(CC(=O)O)C(=O)NC(CCC(=O)O)C(=O)O. The van der Waals surface area contributed by atoms with Gasteiger partial charge in [-0.15, -0.1) is 0 Å². The Labute approximate surface area is 201 Å². The van der Waals surface area contributed by atoms with Gasteiger partial charge in [0, 0.05) is 12.8 Å². The maximum atomic E-state index is 12.8. The number of aliphatic carboxylic acids is 3. The quantitative estimate of drug-likeness (QED) is 0.103. The van der Waals surface area contributed by atoms with Crippen molar-refractivity contribution in [3.63, 3.8) is 0 Å². The van der Waals surface area contributed by atoms with Crippen molar-refractivity contribution in [1.29, 1.82) is 0 Å². The van der Waals surface area contributed by atoms with Gasteiger partial charge in [0.1, 0.15) is 18.1 Å². The molecule has 35 heavy (non-hydrogen) atoms. The van der Waals surface area contributed by atoms with E-state index in [0.717, 1.165) is 0 Å². The van der Waals surface area contributed by atoms with Gasteiger partial charge in [-0.3, -0.25) is 28.8 Å².